The van der Waals surface area contributed by atoms with Crippen LogP contribution in [0.5, 0.6) is 0 Å². The standard InChI is InChI=1S/C13H19NO2S2.C7H10N2S2/c1-13(2,3)16-12(15)8-6-10-17-18-11-7-4-5-9-14-11;8-4-6-10-11-7-3-1-2-5-9-7/h4-5,7,9H,6,8,10H2,1-3H3;1-3,5H,4,6,8H2. The highest BCUT2D eigenvalue weighted by molar-refractivity contribution is 8.77. The van der Waals surface area contributed by atoms with E-state index in [2.05, 4.69) is 9.97 Å². The van der Waals surface area contributed by atoms with Gasteiger partial charge in [-0.05, 0) is 73.0 Å². The van der Waals surface area contributed by atoms with Gasteiger partial charge < -0.3 is 10.5 Å². The average molecular weight is 472 g/mol. The highest BCUT2D eigenvalue weighted by Gasteiger charge is 2.15. The molecule has 0 unspecified atom stereocenters. The molecule has 0 spiro atoms. The van der Waals surface area contributed by atoms with Crippen LogP contribution < -0.4 is 5.73 Å². The van der Waals surface area contributed by atoms with Crippen molar-refractivity contribution in [3.8, 4) is 0 Å². The quantitative estimate of drug-likeness (QED) is 0.266. The molecule has 2 heterocycles. The summed E-state index contributed by atoms with van der Waals surface area (Å²) in [5.41, 5.74) is 4.96. The Morgan fingerprint density at radius 2 is 1.52 bits per heavy atom. The second kappa shape index (κ2) is 15.9. The van der Waals surface area contributed by atoms with Gasteiger partial charge >= 0.3 is 5.97 Å². The van der Waals surface area contributed by atoms with Gasteiger partial charge in [-0.25, -0.2) is 9.97 Å². The molecular weight excluding hydrogens is 443 g/mol. The molecule has 0 fully saturated rings. The summed E-state index contributed by atoms with van der Waals surface area (Å²) in [6.07, 6.45) is 4.89. The van der Waals surface area contributed by atoms with Gasteiger partial charge in [0.25, 0.3) is 0 Å². The third-order valence-corrected chi connectivity index (χ3v) is 7.44. The van der Waals surface area contributed by atoms with E-state index in [0.29, 0.717) is 6.42 Å². The van der Waals surface area contributed by atoms with Crippen molar-refractivity contribution in [1.82, 2.24) is 9.97 Å². The third-order valence-electron chi connectivity index (χ3n) is 2.79. The zero-order valence-corrected chi connectivity index (χ0v) is 20.3. The van der Waals surface area contributed by atoms with Crippen molar-refractivity contribution < 1.29 is 9.53 Å². The van der Waals surface area contributed by atoms with Gasteiger partial charge in [0.2, 0.25) is 0 Å². The van der Waals surface area contributed by atoms with Crippen LogP contribution >= 0.6 is 43.2 Å². The van der Waals surface area contributed by atoms with Crippen molar-refractivity contribution >= 4 is 49.1 Å². The summed E-state index contributed by atoms with van der Waals surface area (Å²) >= 11 is 0. The number of nitrogens with zero attached hydrogens (tertiary/aromatic N) is 2. The van der Waals surface area contributed by atoms with Gasteiger partial charge in [-0.1, -0.05) is 33.7 Å². The van der Waals surface area contributed by atoms with E-state index < -0.39 is 0 Å². The van der Waals surface area contributed by atoms with E-state index in [4.69, 9.17) is 10.5 Å². The molecule has 2 aromatic heterocycles. The second-order valence-electron chi connectivity index (χ2n) is 6.63. The normalized spacial score (nSPS) is 10.8. The van der Waals surface area contributed by atoms with Gasteiger partial charge in [-0.2, -0.15) is 0 Å². The van der Waals surface area contributed by atoms with E-state index in [1.54, 1.807) is 55.6 Å². The molecule has 0 radical (unpaired) electrons. The number of ether oxygens (including phenoxy) is 1. The first-order valence-electron chi connectivity index (χ1n) is 9.23. The summed E-state index contributed by atoms with van der Waals surface area (Å²) in [6, 6.07) is 11.7. The van der Waals surface area contributed by atoms with Crippen molar-refractivity contribution in [2.75, 3.05) is 18.1 Å². The first-order valence-corrected chi connectivity index (χ1v) is 13.9. The maximum absolute atomic E-state index is 11.4. The Kier molecular flexibility index (Phi) is 14.3. The minimum absolute atomic E-state index is 0.120. The lowest BCUT2D eigenvalue weighted by Gasteiger charge is -2.19. The highest BCUT2D eigenvalue weighted by atomic mass is 33.1. The number of hydrogen-bond acceptors (Lipinski definition) is 9. The monoisotopic (exact) mass is 471 g/mol. The zero-order valence-electron chi connectivity index (χ0n) is 17.1. The second-order valence-corrected chi connectivity index (χ2v) is 11.5. The largest absolute Gasteiger partial charge is 0.460 e. The zero-order chi connectivity index (χ0) is 21.4. The van der Waals surface area contributed by atoms with Crippen LogP contribution in [-0.4, -0.2) is 39.6 Å². The fourth-order valence-electron chi connectivity index (χ4n) is 1.71. The number of aromatic nitrogens is 2. The van der Waals surface area contributed by atoms with E-state index in [1.807, 2.05) is 57.2 Å². The minimum atomic E-state index is -0.382. The molecule has 29 heavy (non-hydrogen) atoms. The van der Waals surface area contributed by atoms with E-state index in [9.17, 15) is 4.79 Å². The van der Waals surface area contributed by atoms with E-state index in [0.717, 1.165) is 34.5 Å². The summed E-state index contributed by atoms with van der Waals surface area (Å²) < 4.78 is 5.24. The molecule has 0 aliphatic rings. The van der Waals surface area contributed by atoms with Crippen molar-refractivity contribution in [1.29, 1.82) is 0 Å². The number of pyridine rings is 2. The predicted molar refractivity (Wildman–Crippen MR) is 129 cm³/mol. The number of nitrogens with two attached hydrogens (primary N) is 1. The molecule has 2 rings (SSSR count). The fraction of sp³-hybridized carbons (Fsp3) is 0.450. The molecule has 160 valence electrons. The first kappa shape index (κ1) is 26.2. The molecule has 5 nitrogen and oxygen atoms in total. The molecule has 0 saturated heterocycles. The number of esters is 1. The van der Waals surface area contributed by atoms with Gasteiger partial charge in [-0.3, -0.25) is 4.79 Å². The maximum atomic E-state index is 11.4. The maximum Gasteiger partial charge on any atom is 0.306 e. The fourth-order valence-corrected chi connectivity index (χ4v) is 5.41. The van der Waals surface area contributed by atoms with E-state index in [1.165, 1.54) is 0 Å². The molecule has 2 aromatic rings. The Bertz CT molecular complexity index is 670. The van der Waals surface area contributed by atoms with Crippen molar-refractivity contribution in [2.45, 2.75) is 49.3 Å². The molecule has 0 saturated carbocycles. The topological polar surface area (TPSA) is 78.1 Å². The molecule has 0 atom stereocenters. The third kappa shape index (κ3) is 15.6. The Balaban J connectivity index is 0.000000326. The molecule has 2 N–H and O–H groups in total. The van der Waals surface area contributed by atoms with Gasteiger partial charge in [0, 0.05) is 36.9 Å². The lowest BCUT2D eigenvalue weighted by Crippen LogP contribution is -2.23. The van der Waals surface area contributed by atoms with Gasteiger partial charge in [0.15, 0.2) is 0 Å². The van der Waals surface area contributed by atoms with Crippen LogP contribution in [0.25, 0.3) is 0 Å². The molecular formula is C20H29N3O2S4. The van der Waals surface area contributed by atoms with Crippen LogP contribution in [0.2, 0.25) is 0 Å². The summed E-state index contributed by atoms with van der Waals surface area (Å²) in [7, 11) is 6.76. The number of rotatable bonds is 10. The van der Waals surface area contributed by atoms with E-state index in [-0.39, 0.29) is 11.6 Å². The SMILES string of the molecule is CC(C)(C)OC(=O)CCCSSc1ccccn1.NCCSSc1ccccn1. The Morgan fingerprint density at radius 1 is 0.966 bits per heavy atom. The lowest BCUT2D eigenvalue weighted by atomic mass is 10.2. The van der Waals surface area contributed by atoms with Crippen molar-refractivity contribution in [2.24, 2.45) is 5.73 Å². The smallest absolute Gasteiger partial charge is 0.306 e. The van der Waals surface area contributed by atoms with Crippen molar-refractivity contribution in [3.05, 3.63) is 48.8 Å². The number of carbonyl (C=O) groups excluding carboxylic acids is 1. The molecule has 0 amide bonds. The molecule has 0 bridgehead atoms. The van der Waals surface area contributed by atoms with Crippen molar-refractivity contribution in [3.63, 3.8) is 0 Å². The van der Waals surface area contributed by atoms with Crippen LogP contribution in [-0.2, 0) is 9.53 Å². The lowest BCUT2D eigenvalue weighted by molar-refractivity contribution is -0.154. The van der Waals surface area contributed by atoms with Crippen LogP contribution in [0.3, 0.4) is 0 Å². The van der Waals surface area contributed by atoms with Crippen LogP contribution in [0.4, 0.5) is 0 Å². The molecule has 0 aliphatic heterocycles. The Morgan fingerprint density at radius 3 is 1.97 bits per heavy atom. The number of hydrogen-bond donors (Lipinski definition) is 1. The first-order chi connectivity index (χ1) is 13.9. The Labute approximate surface area is 189 Å². The van der Waals surface area contributed by atoms with Crippen LogP contribution in [0.1, 0.15) is 33.6 Å². The molecule has 0 aliphatic carbocycles. The highest BCUT2D eigenvalue weighted by Crippen LogP contribution is 2.29. The van der Waals surface area contributed by atoms with E-state index >= 15 is 0 Å². The van der Waals surface area contributed by atoms with Crippen LogP contribution in [0.15, 0.2) is 58.8 Å². The Hall–Kier alpha value is -0.870. The summed E-state index contributed by atoms with van der Waals surface area (Å²) in [5.74, 6) is 1.77. The average Bonchev–Trinajstić information content (AvgIpc) is 2.69. The van der Waals surface area contributed by atoms with Crippen LogP contribution in [0, 0.1) is 0 Å². The van der Waals surface area contributed by atoms with Gasteiger partial charge in [0.1, 0.15) is 15.7 Å². The predicted octanol–water partition coefficient (Wildman–Crippen LogP) is 5.72. The van der Waals surface area contributed by atoms with Gasteiger partial charge in [-0.15, -0.1) is 0 Å². The summed E-state index contributed by atoms with van der Waals surface area (Å²) in [4.78, 5) is 19.8. The molecule has 0 aromatic carbocycles. The minimum Gasteiger partial charge on any atom is -0.460 e. The molecule has 9 heteroatoms. The number of carbonyl (C=O) groups is 1. The summed E-state index contributed by atoms with van der Waals surface area (Å²) in [5, 5.41) is 2.05. The van der Waals surface area contributed by atoms with Gasteiger partial charge in [0.05, 0.1) is 0 Å². The summed E-state index contributed by atoms with van der Waals surface area (Å²) in [6.45, 7) is 6.38.